The quantitative estimate of drug-likeness (QED) is 0.157. The Balaban J connectivity index is 0.000000112. The lowest BCUT2D eigenvalue weighted by atomic mass is 9.96. The second kappa shape index (κ2) is 22.7. The number of hydrogen-bond acceptors (Lipinski definition) is 8. The van der Waals surface area contributed by atoms with Crippen molar-refractivity contribution in [1.82, 2.24) is 30.2 Å². The van der Waals surface area contributed by atoms with Crippen LogP contribution in [0.15, 0.2) is 163 Å². The number of nitrogens with zero attached hydrogens (tertiary/aromatic N) is 5. The highest BCUT2D eigenvalue weighted by Crippen LogP contribution is 2.39. The van der Waals surface area contributed by atoms with E-state index in [9.17, 15) is 9.90 Å². The van der Waals surface area contributed by atoms with Gasteiger partial charge in [0.15, 0.2) is 0 Å². The van der Waals surface area contributed by atoms with E-state index in [1.165, 1.54) is 16.7 Å². The van der Waals surface area contributed by atoms with Crippen molar-refractivity contribution in [1.29, 1.82) is 0 Å². The number of aliphatic hydroxyl groups is 1. The van der Waals surface area contributed by atoms with Crippen LogP contribution < -0.4 is 10.7 Å². The summed E-state index contributed by atoms with van der Waals surface area (Å²) in [7, 11) is 0. The van der Waals surface area contributed by atoms with Crippen LogP contribution >= 0.6 is 58.0 Å². The van der Waals surface area contributed by atoms with E-state index in [1.54, 1.807) is 42.9 Å². The molecule has 13 rings (SSSR count). The van der Waals surface area contributed by atoms with Gasteiger partial charge < -0.3 is 10.4 Å². The first-order valence-electron chi connectivity index (χ1n) is 23.6. The van der Waals surface area contributed by atoms with Gasteiger partial charge in [0.2, 0.25) is 5.43 Å². The summed E-state index contributed by atoms with van der Waals surface area (Å²) >= 11 is 30.6. The summed E-state index contributed by atoms with van der Waals surface area (Å²) in [4.78, 5) is 32.3. The maximum Gasteiger partial charge on any atom is 0.212 e. The molecule has 73 heavy (non-hydrogen) atoms. The molecule has 0 amide bonds. The van der Waals surface area contributed by atoms with Crippen molar-refractivity contribution in [3.63, 3.8) is 0 Å². The van der Waals surface area contributed by atoms with Gasteiger partial charge >= 0.3 is 0 Å². The molecule has 0 bridgehead atoms. The van der Waals surface area contributed by atoms with E-state index in [1.807, 2.05) is 121 Å². The average Bonchev–Trinajstić information content (AvgIpc) is 3.80. The van der Waals surface area contributed by atoms with Crippen molar-refractivity contribution < 1.29 is 5.11 Å². The number of fused-ring (bicyclic) bond motifs is 8. The van der Waals surface area contributed by atoms with Gasteiger partial charge in [-0.05, 0) is 134 Å². The van der Waals surface area contributed by atoms with Crippen molar-refractivity contribution >= 4 is 116 Å². The molecule has 0 spiro atoms. The fourth-order valence-electron chi connectivity index (χ4n) is 9.40. The SMILES string of the molecule is Clc1ccc2c(c1)C=Cc1cccnc1C2Cl.Clc1ccc2c(c1)C=Cc1cccnc1C2N1CCNCC1.O=c1c2ccc(Cl)cc2ccc2cccnc12.OC1c2ccc(Cl)cc2C=Cc2cccnc21. The van der Waals surface area contributed by atoms with Gasteiger partial charge in [0.05, 0.1) is 23.1 Å². The molecule has 2 N–H and O–H groups in total. The van der Waals surface area contributed by atoms with Crippen LogP contribution in [-0.4, -0.2) is 56.1 Å². The monoisotopic (exact) mass is 1060 g/mol. The number of aromatic nitrogens is 4. The number of piperazine rings is 1. The topological polar surface area (TPSA) is 104 Å². The summed E-state index contributed by atoms with van der Waals surface area (Å²) in [5.74, 6) is 0. The molecule has 362 valence electrons. The Hall–Kier alpha value is -6.56. The van der Waals surface area contributed by atoms with E-state index in [-0.39, 0.29) is 16.8 Å². The minimum atomic E-state index is -0.700. The van der Waals surface area contributed by atoms with Crippen LogP contribution in [0.3, 0.4) is 0 Å². The van der Waals surface area contributed by atoms with Crippen LogP contribution in [0, 0.1) is 0 Å². The molecular formula is C60H45Cl5N6O2. The smallest absolute Gasteiger partial charge is 0.212 e. The third kappa shape index (κ3) is 11.2. The van der Waals surface area contributed by atoms with Crippen LogP contribution in [0.5, 0.6) is 0 Å². The molecule has 5 aromatic carbocycles. The first kappa shape index (κ1) is 50.0. The maximum absolute atomic E-state index is 12.3. The number of nitrogens with one attached hydrogen (secondary N) is 1. The molecule has 8 nitrogen and oxygen atoms in total. The van der Waals surface area contributed by atoms with Gasteiger partial charge in [-0.15, -0.1) is 11.6 Å². The number of pyridine rings is 4. The van der Waals surface area contributed by atoms with Gasteiger partial charge in [0, 0.05) is 81.8 Å². The lowest BCUT2D eigenvalue weighted by Crippen LogP contribution is -2.45. The van der Waals surface area contributed by atoms with Crippen LogP contribution in [0.25, 0.3) is 58.1 Å². The molecule has 3 atom stereocenters. The third-order valence-electron chi connectivity index (χ3n) is 13.0. The summed E-state index contributed by atoms with van der Waals surface area (Å²) in [6.07, 6.45) is 18.6. The Labute approximate surface area is 447 Å². The predicted octanol–water partition coefficient (Wildman–Crippen LogP) is 14.5. The number of rotatable bonds is 1. The normalized spacial score (nSPS) is 16.9. The van der Waals surface area contributed by atoms with Crippen molar-refractivity contribution in [3.05, 3.63) is 256 Å². The molecule has 0 saturated carbocycles. The molecule has 4 aromatic heterocycles. The number of halogens is 5. The fraction of sp³-hybridized carbons (Fsp3) is 0.117. The Morgan fingerprint density at radius 1 is 0.479 bits per heavy atom. The minimum Gasteiger partial charge on any atom is -0.382 e. The summed E-state index contributed by atoms with van der Waals surface area (Å²) < 4.78 is 0. The lowest BCUT2D eigenvalue weighted by Gasteiger charge is -2.35. The molecular weight excluding hydrogens is 1010 g/mol. The van der Waals surface area contributed by atoms with Crippen LogP contribution in [0.4, 0.5) is 0 Å². The Morgan fingerprint density at radius 3 is 1.60 bits per heavy atom. The number of benzene rings is 4. The first-order valence-corrected chi connectivity index (χ1v) is 25.6. The number of aliphatic hydroxyl groups excluding tert-OH is 1. The van der Waals surface area contributed by atoms with E-state index in [4.69, 9.17) is 63.0 Å². The Kier molecular flexibility index (Phi) is 15.5. The predicted molar refractivity (Wildman–Crippen MR) is 302 cm³/mol. The van der Waals surface area contributed by atoms with Crippen molar-refractivity contribution in [2.75, 3.05) is 26.2 Å². The van der Waals surface area contributed by atoms with E-state index >= 15 is 0 Å². The van der Waals surface area contributed by atoms with Crippen LogP contribution in [0.1, 0.15) is 84.7 Å². The molecule has 5 heterocycles. The fourth-order valence-corrected chi connectivity index (χ4v) is 10.5. The number of alkyl halides is 1. The second-order valence-corrected chi connectivity index (χ2v) is 19.7. The molecule has 1 fully saturated rings. The molecule has 1 saturated heterocycles. The standard InChI is InChI=1S/C18H18ClN3.C14H9Cl2N.C14H10ClNO.C14H8ClNO/c19-15-5-6-16-14(12-15)4-3-13-2-1-7-21-17(13)18(16)22-10-8-20-9-11-22;15-11-5-6-12-10(8-11)4-3-9-2-1-7-17-14(9)13(12)16;2*15-11-5-6-12-10(8-11)4-3-9-2-1-7-16-13(9)14(12)17/h1-7,12,18,20H,8-11H2;1-8,13H;1-8,14,17H;1-8H. The molecule has 3 unspecified atom stereocenters. The Morgan fingerprint density at radius 2 is 0.945 bits per heavy atom. The summed E-state index contributed by atoms with van der Waals surface area (Å²) in [6.45, 7) is 4.11. The molecule has 4 aliphatic rings. The maximum atomic E-state index is 12.3. The van der Waals surface area contributed by atoms with Crippen molar-refractivity contribution in [3.8, 4) is 0 Å². The lowest BCUT2D eigenvalue weighted by molar-refractivity contribution is 0.195. The van der Waals surface area contributed by atoms with Gasteiger partial charge in [-0.3, -0.25) is 29.6 Å². The molecule has 0 radical (unpaired) electrons. The van der Waals surface area contributed by atoms with Gasteiger partial charge in [0.25, 0.3) is 0 Å². The number of hydrogen-bond donors (Lipinski definition) is 2. The minimum absolute atomic E-state index is 0.0581. The van der Waals surface area contributed by atoms with E-state index in [0.29, 0.717) is 26.6 Å². The van der Waals surface area contributed by atoms with Gasteiger partial charge in [-0.25, -0.2) is 0 Å². The largest absolute Gasteiger partial charge is 0.382 e. The molecule has 13 heteroatoms. The highest BCUT2D eigenvalue weighted by Gasteiger charge is 2.29. The third-order valence-corrected chi connectivity index (χ3v) is 14.4. The van der Waals surface area contributed by atoms with Gasteiger partial charge in [-0.1, -0.05) is 137 Å². The van der Waals surface area contributed by atoms with Gasteiger partial charge in [0.1, 0.15) is 17.0 Å². The van der Waals surface area contributed by atoms with Crippen LogP contribution in [-0.2, 0) is 0 Å². The zero-order valence-electron chi connectivity index (χ0n) is 39.0. The summed E-state index contributed by atoms with van der Waals surface area (Å²) in [5, 5.41) is 18.6. The molecule has 9 aromatic rings. The van der Waals surface area contributed by atoms with Crippen molar-refractivity contribution in [2.45, 2.75) is 17.5 Å². The summed E-state index contributed by atoms with van der Waals surface area (Å²) in [5.41, 5.74) is 12.7. The first-order chi connectivity index (χ1) is 35.6. The zero-order valence-corrected chi connectivity index (χ0v) is 42.8. The average molecular weight is 1060 g/mol. The van der Waals surface area contributed by atoms with E-state index in [2.05, 4.69) is 55.5 Å². The van der Waals surface area contributed by atoms with Crippen LogP contribution in [0.2, 0.25) is 20.1 Å². The summed E-state index contributed by atoms with van der Waals surface area (Å²) in [6, 6.07) is 42.2. The highest BCUT2D eigenvalue weighted by atomic mass is 35.5. The van der Waals surface area contributed by atoms with Crippen molar-refractivity contribution in [2.24, 2.45) is 0 Å². The molecule has 1 aliphatic heterocycles. The van der Waals surface area contributed by atoms with E-state index < -0.39 is 6.10 Å². The second-order valence-electron chi connectivity index (χ2n) is 17.5. The van der Waals surface area contributed by atoms with E-state index in [0.717, 1.165) is 91.8 Å². The van der Waals surface area contributed by atoms with Gasteiger partial charge in [-0.2, -0.15) is 0 Å². The zero-order chi connectivity index (χ0) is 50.4. The highest BCUT2D eigenvalue weighted by molar-refractivity contribution is 6.32. The Bertz CT molecular complexity index is 3560. The molecule has 3 aliphatic carbocycles.